The van der Waals surface area contributed by atoms with E-state index in [1.165, 1.54) is 24.3 Å². The molecule has 1 aliphatic rings. The summed E-state index contributed by atoms with van der Waals surface area (Å²) in [6.45, 7) is 0.182. The van der Waals surface area contributed by atoms with E-state index in [0.29, 0.717) is 17.2 Å². The van der Waals surface area contributed by atoms with Gasteiger partial charge in [0.1, 0.15) is 0 Å². The van der Waals surface area contributed by atoms with Crippen LogP contribution in [0.15, 0.2) is 47.4 Å². The first-order valence-electron chi connectivity index (χ1n) is 6.73. The highest BCUT2D eigenvalue weighted by Gasteiger charge is 2.14. The average molecular weight is 334 g/mol. The molecule has 3 rings (SSSR count). The molecule has 8 heteroatoms. The van der Waals surface area contributed by atoms with Gasteiger partial charge in [-0.05, 0) is 42.0 Å². The Morgan fingerprint density at radius 2 is 1.78 bits per heavy atom. The lowest BCUT2D eigenvalue weighted by Crippen LogP contribution is -2.15. The van der Waals surface area contributed by atoms with Crippen molar-refractivity contribution in [1.82, 2.24) is 0 Å². The fourth-order valence-corrected chi connectivity index (χ4v) is 2.68. The van der Waals surface area contributed by atoms with Crippen LogP contribution in [0.3, 0.4) is 0 Å². The molecule has 0 spiro atoms. The summed E-state index contributed by atoms with van der Waals surface area (Å²) in [4.78, 5) is 12.0. The Morgan fingerprint density at radius 3 is 2.48 bits per heavy atom. The van der Waals surface area contributed by atoms with Crippen LogP contribution >= 0.6 is 0 Å². The van der Waals surface area contributed by atoms with Crippen LogP contribution < -0.4 is 19.9 Å². The van der Waals surface area contributed by atoms with Crippen LogP contribution in [0.1, 0.15) is 5.56 Å². The van der Waals surface area contributed by atoms with Crippen molar-refractivity contribution in [1.29, 1.82) is 0 Å². The second-order valence-corrected chi connectivity index (χ2v) is 6.54. The number of nitrogens with one attached hydrogen (secondary N) is 1. The van der Waals surface area contributed by atoms with Gasteiger partial charge in [0, 0.05) is 5.69 Å². The molecule has 2 aromatic carbocycles. The maximum Gasteiger partial charge on any atom is 0.238 e. The van der Waals surface area contributed by atoms with Gasteiger partial charge in [0.25, 0.3) is 0 Å². The maximum atomic E-state index is 12.0. The zero-order valence-electron chi connectivity index (χ0n) is 12.0. The van der Waals surface area contributed by atoms with Crippen LogP contribution in [0, 0.1) is 0 Å². The van der Waals surface area contributed by atoms with Gasteiger partial charge in [0.2, 0.25) is 22.7 Å². The zero-order valence-corrected chi connectivity index (χ0v) is 12.8. The van der Waals surface area contributed by atoms with Crippen molar-refractivity contribution in [2.75, 3.05) is 12.1 Å². The van der Waals surface area contributed by atoms with Gasteiger partial charge < -0.3 is 14.8 Å². The van der Waals surface area contributed by atoms with Gasteiger partial charge in [-0.1, -0.05) is 6.07 Å². The van der Waals surface area contributed by atoms with E-state index >= 15 is 0 Å². The number of amides is 1. The first kappa shape index (κ1) is 15.3. The molecule has 0 bridgehead atoms. The summed E-state index contributed by atoms with van der Waals surface area (Å²) in [6.07, 6.45) is 0.160. The topological polar surface area (TPSA) is 108 Å². The predicted molar refractivity (Wildman–Crippen MR) is 82.7 cm³/mol. The molecule has 23 heavy (non-hydrogen) atoms. The lowest BCUT2D eigenvalue weighted by atomic mass is 10.1. The summed E-state index contributed by atoms with van der Waals surface area (Å²) in [5.41, 5.74) is 1.27. The highest BCUT2D eigenvalue weighted by Crippen LogP contribution is 2.32. The lowest BCUT2D eigenvalue weighted by Gasteiger charge is -2.07. The molecule has 0 aliphatic carbocycles. The highest BCUT2D eigenvalue weighted by molar-refractivity contribution is 7.89. The summed E-state index contributed by atoms with van der Waals surface area (Å²) < 4.78 is 32.8. The molecule has 1 heterocycles. The van der Waals surface area contributed by atoms with Crippen LogP contribution in [0.25, 0.3) is 0 Å². The first-order valence-corrected chi connectivity index (χ1v) is 8.28. The molecule has 0 fully saturated rings. The fourth-order valence-electron chi connectivity index (χ4n) is 2.17. The zero-order chi connectivity index (χ0) is 16.4. The Hall–Kier alpha value is -2.58. The normalized spacial score (nSPS) is 12.9. The molecule has 120 valence electrons. The number of anilines is 1. The summed E-state index contributed by atoms with van der Waals surface area (Å²) in [7, 11) is -3.74. The van der Waals surface area contributed by atoms with E-state index in [-0.39, 0.29) is 24.0 Å². The first-order chi connectivity index (χ1) is 10.9. The number of benzene rings is 2. The van der Waals surface area contributed by atoms with Crippen molar-refractivity contribution in [2.45, 2.75) is 11.3 Å². The highest BCUT2D eigenvalue weighted by atomic mass is 32.2. The van der Waals surface area contributed by atoms with Gasteiger partial charge >= 0.3 is 0 Å². The Bertz CT molecular complexity index is 847. The van der Waals surface area contributed by atoms with Gasteiger partial charge in [-0.2, -0.15) is 0 Å². The number of hydrogen-bond donors (Lipinski definition) is 2. The fraction of sp³-hybridized carbons (Fsp3) is 0.133. The second kappa shape index (κ2) is 5.90. The third-order valence-corrected chi connectivity index (χ3v) is 4.20. The van der Waals surface area contributed by atoms with Gasteiger partial charge in [-0.25, -0.2) is 13.6 Å². The van der Waals surface area contributed by atoms with E-state index in [1.807, 2.05) is 0 Å². The second-order valence-electron chi connectivity index (χ2n) is 4.98. The van der Waals surface area contributed by atoms with E-state index in [4.69, 9.17) is 14.6 Å². The average Bonchev–Trinajstić information content (AvgIpc) is 2.94. The number of carbonyl (C=O) groups excluding carboxylic acids is 1. The van der Waals surface area contributed by atoms with Crippen molar-refractivity contribution in [2.24, 2.45) is 5.14 Å². The monoisotopic (exact) mass is 334 g/mol. The molecular weight excluding hydrogens is 320 g/mol. The largest absolute Gasteiger partial charge is 0.454 e. The third-order valence-electron chi connectivity index (χ3n) is 3.27. The molecular formula is C15H14N2O5S. The smallest absolute Gasteiger partial charge is 0.238 e. The SMILES string of the molecule is NS(=O)(=O)c1ccc(NC(=O)Cc2ccc3c(c2)OCO3)cc1. The van der Waals surface area contributed by atoms with Crippen LogP contribution in [0.2, 0.25) is 0 Å². The summed E-state index contributed by atoms with van der Waals surface area (Å²) in [6, 6.07) is 10.9. The Labute approximate surface area is 133 Å². The van der Waals surface area contributed by atoms with E-state index in [1.54, 1.807) is 18.2 Å². The lowest BCUT2D eigenvalue weighted by molar-refractivity contribution is -0.115. The molecule has 2 aromatic rings. The van der Waals surface area contributed by atoms with Crippen LogP contribution in [-0.2, 0) is 21.2 Å². The Balaban J connectivity index is 1.65. The number of nitrogens with two attached hydrogens (primary N) is 1. The van der Waals surface area contributed by atoms with Gasteiger partial charge in [-0.3, -0.25) is 4.79 Å². The summed E-state index contributed by atoms with van der Waals surface area (Å²) >= 11 is 0. The Morgan fingerprint density at radius 1 is 1.09 bits per heavy atom. The van der Waals surface area contributed by atoms with E-state index < -0.39 is 10.0 Å². The minimum atomic E-state index is -3.74. The molecule has 0 aromatic heterocycles. The third kappa shape index (κ3) is 3.61. The maximum absolute atomic E-state index is 12.0. The van der Waals surface area contributed by atoms with Crippen molar-refractivity contribution in [3.8, 4) is 11.5 Å². The van der Waals surface area contributed by atoms with Crippen molar-refractivity contribution >= 4 is 21.6 Å². The van der Waals surface area contributed by atoms with Gasteiger partial charge in [-0.15, -0.1) is 0 Å². The molecule has 0 radical (unpaired) electrons. The van der Waals surface area contributed by atoms with Crippen LogP contribution in [0.4, 0.5) is 5.69 Å². The number of primary sulfonamides is 1. The van der Waals surface area contributed by atoms with E-state index in [2.05, 4.69) is 5.32 Å². The van der Waals surface area contributed by atoms with Crippen LogP contribution in [-0.4, -0.2) is 21.1 Å². The minimum absolute atomic E-state index is 0.00808. The molecule has 7 nitrogen and oxygen atoms in total. The molecule has 0 saturated carbocycles. The van der Waals surface area contributed by atoms with Gasteiger partial charge in [0.15, 0.2) is 11.5 Å². The molecule has 0 saturated heterocycles. The summed E-state index contributed by atoms with van der Waals surface area (Å²) in [5, 5.41) is 7.71. The molecule has 3 N–H and O–H groups in total. The molecule has 1 amide bonds. The van der Waals surface area contributed by atoms with Crippen molar-refractivity contribution in [3.05, 3.63) is 48.0 Å². The number of fused-ring (bicyclic) bond motifs is 1. The van der Waals surface area contributed by atoms with Crippen molar-refractivity contribution < 1.29 is 22.7 Å². The molecule has 1 aliphatic heterocycles. The van der Waals surface area contributed by atoms with Crippen molar-refractivity contribution in [3.63, 3.8) is 0 Å². The number of rotatable bonds is 4. The minimum Gasteiger partial charge on any atom is -0.454 e. The number of sulfonamides is 1. The van der Waals surface area contributed by atoms with Crippen LogP contribution in [0.5, 0.6) is 11.5 Å². The standard InChI is InChI=1S/C15H14N2O5S/c16-23(19,20)12-4-2-11(3-5-12)17-15(18)8-10-1-6-13-14(7-10)22-9-21-13/h1-7H,8-9H2,(H,17,18)(H2,16,19,20). The van der Waals surface area contributed by atoms with Gasteiger partial charge in [0.05, 0.1) is 11.3 Å². The molecule has 0 atom stereocenters. The van der Waals surface area contributed by atoms with E-state index in [0.717, 1.165) is 5.56 Å². The number of hydrogen-bond acceptors (Lipinski definition) is 5. The number of carbonyl (C=O) groups is 1. The number of ether oxygens (including phenoxy) is 2. The quantitative estimate of drug-likeness (QED) is 0.875. The predicted octanol–water partition coefficient (Wildman–Crippen LogP) is 1.24. The summed E-state index contributed by atoms with van der Waals surface area (Å²) in [5.74, 6) is 1.05. The molecule has 0 unspecified atom stereocenters. The Kier molecular flexibility index (Phi) is 3.93. The van der Waals surface area contributed by atoms with E-state index in [9.17, 15) is 13.2 Å².